The largest absolute Gasteiger partial charge is 0.379 e. The Morgan fingerprint density at radius 1 is 1.39 bits per heavy atom. The molecule has 0 saturated carbocycles. The molecule has 1 heterocycles. The highest BCUT2D eigenvalue weighted by molar-refractivity contribution is 5.77. The Bertz CT molecular complexity index is 458. The van der Waals surface area contributed by atoms with Gasteiger partial charge >= 0.3 is 0 Å². The lowest BCUT2D eigenvalue weighted by Gasteiger charge is -2.30. The first-order chi connectivity index (χ1) is 8.68. The monoisotopic (exact) mass is 249 g/mol. The number of hydrogen-bond donors (Lipinski definition) is 1. The van der Waals surface area contributed by atoms with E-state index in [-0.39, 0.29) is 11.6 Å². The average Bonchev–Trinajstić information content (AvgIpc) is 2.27. The number of hydrogen-bond acceptors (Lipinski definition) is 4. The molecule has 1 aromatic carbocycles. The Morgan fingerprint density at radius 2 is 2.11 bits per heavy atom. The van der Waals surface area contributed by atoms with Gasteiger partial charge in [-0.2, -0.15) is 0 Å². The third-order valence-corrected chi connectivity index (χ3v) is 2.96. The number of nitro groups is 1. The van der Waals surface area contributed by atoms with Crippen LogP contribution in [0.3, 0.4) is 0 Å². The van der Waals surface area contributed by atoms with Crippen LogP contribution in [0.25, 0.3) is 0 Å². The van der Waals surface area contributed by atoms with Crippen molar-refractivity contribution in [3.05, 3.63) is 34.4 Å². The molecule has 0 spiro atoms. The number of benzene rings is 1. The van der Waals surface area contributed by atoms with E-state index < -0.39 is 4.92 Å². The first-order valence-electron chi connectivity index (χ1n) is 5.93. The number of carbonyl (C=O) groups excluding carboxylic acids is 1. The van der Waals surface area contributed by atoms with Crippen LogP contribution in [0.2, 0.25) is 0 Å². The van der Waals surface area contributed by atoms with Crippen molar-refractivity contribution < 1.29 is 9.72 Å². The van der Waals surface area contributed by atoms with Crippen molar-refractivity contribution in [2.24, 2.45) is 0 Å². The second kappa shape index (κ2) is 5.48. The van der Waals surface area contributed by atoms with Crippen LogP contribution in [0.4, 0.5) is 11.4 Å². The van der Waals surface area contributed by atoms with Gasteiger partial charge in [0.15, 0.2) is 0 Å². The topological polar surface area (TPSA) is 75.5 Å². The predicted molar refractivity (Wildman–Crippen MR) is 67.4 cm³/mol. The smallest absolute Gasteiger partial charge is 0.292 e. The van der Waals surface area contributed by atoms with Crippen LogP contribution < -0.4 is 5.32 Å². The lowest BCUT2D eigenvalue weighted by Crippen LogP contribution is -2.42. The van der Waals surface area contributed by atoms with Crippen LogP contribution in [-0.2, 0) is 4.79 Å². The third-order valence-electron chi connectivity index (χ3n) is 2.96. The van der Waals surface area contributed by atoms with Crippen molar-refractivity contribution in [3.8, 4) is 0 Å². The summed E-state index contributed by atoms with van der Waals surface area (Å²) < 4.78 is 0. The zero-order valence-electron chi connectivity index (χ0n) is 9.96. The first kappa shape index (κ1) is 12.3. The van der Waals surface area contributed by atoms with Gasteiger partial charge in [-0.1, -0.05) is 12.1 Å². The second-order valence-corrected chi connectivity index (χ2v) is 4.19. The fourth-order valence-electron chi connectivity index (χ4n) is 1.81. The van der Waals surface area contributed by atoms with Crippen LogP contribution in [0.15, 0.2) is 24.3 Å². The molecular weight excluding hydrogens is 234 g/mol. The van der Waals surface area contributed by atoms with Crippen molar-refractivity contribution in [1.29, 1.82) is 0 Å². The minimum absolute atomic E-state index is 0.0360. The second-order valence-electron chi connectivity index (χ2n) is 4.19. The zero-order chi connectivity index (χ0) is 13.0. The number of nitrogens with zero attached hydrogens (tertiary/aromatic N) is 2. The summed E-state index contributed by atoms with van der Waals surface area (Å²) in [7, 11) is 0. The van der Waals surface area contributed by atoms with Gasteiger partial charge in [-0.15, -0.1) is 0 Å². The highest BCUT2D eigenvalue weighted by atomic mass is 16.6. The Balaban J connectivity index is 1.86. The Kier molecular flexibility index (Phi) is 3.76. The zero-order valence-corrected chi connectivity index (χ0v) is 9.96. The molecule has 0 bridgehead atoms. The van der Waals surface area contributed by atoms with Crippen LogP contribution >= 0.6 is 0 Å². The number of para-hydroxylation sites is 2. The lowest BCUT2D eigenvalue weighted by atomic mass is 10.2. The molecule has 1 amide bonds. The van der Waals surface area contributed by atoms with E-state index in [9.17, 15) is 14.9 Å². The summed E-state index contributed by atoms with van der Waals surface area (Å²) in [6.45, 7) is 2.09. The predicted octanol–water partition coefficient (Wildman–Crippen LogP) is 1.63. The standard InChI is InChI=1S/C12H15N3O3/c16-12(14-8-3-9-14)6-7-13-10-4-1-2-5-11(10)15(17)18/h1-2,4-5,13H,3,6-9H2. The summed E-state index contributed by atoms with van der Waals surface area (Å²) in [4.78, 5) is 23.7. The third kappa shape index (κ3) is 2.77. The maximum Gasteiger partial charge on any atom is 0.292 e. The average molecular weight is 249 g/mol. The van der Waals surface area contributed by atoms with Crippen LogP contribution in [0.1, 0.15) is 12.8 Å². The Morgan fingerprint density at radius 3 is 2.72 bits per heavy atom. The van der Waals surface area contributed by atoms with Gasteiger partial charge in [0.25, 0.3) is 5.69 Å². The summed E-state index contributed by atoms with van der Waals surface area (Å²) in [5.41, 5.74) is 0.493. The first-order valence-corrected chi connectivity index (χ1v) is 5.93. The van der Waals surface area contributed by atoms with Crippen molar-refractivity contribution in [2.45, 2.75) is 12.8 Å². The van der Waals surface area contributed by atoms with Crippen molar-refractivity contribution in [2.75, 3.05) is 25.0 Å². The SMILES string of the molecule is O=C(CCNc1ccccc1[N+](=O)[O-])N1CCC1. The van der Waals surface area contributed by atoms with Gasteiger partial charge < -0.3 is 10.2 Å². The summed E-state index contributed by atoms with van der Waals surface area (Å²) in [6.07, 6.45) is 1.44. The van der Waals surface area contributed by atoms with Gasteiger partial charge in [0, 0.05) is 32.1 Å². The van der Waals surface area contributed by atoms with Gasteiger partial charge in [-0.05, 0) is 12.5 Å². The number of rotatable bonds is 5. The van der Waals surface area contributed by atoms with Gasteiger partial charge in [0.2, 0.25) is 5.91 Å². The molecule has 96 valence electrons. The van der Waals surface area contributed by atoms with Crippen molar-refractivity contribution in [1.82, 2.24) is 4.90 Å². The molecule has 0 aromatic heterocycles. The summed E-state index contributed by atoms with van der Waals surface area (Å²) >= 11 is 0. The van der Waals surface area contributed by atoms with Crippen LogP contribution in [0, 0.1) is 10.1 Å². The molecule has 18 heavy (non-hydrogen) atoms. The van der Waals surface area contributed by atoms with Gasteiger partial charge in [0.1, 0.15) is 5.69 Å². The maximum absolute atomic E-state index is 11.6. The van der Waals surface area contributed by atoms with E-state index in [1.54, 1.807) is 23.1 Å². The minimum Gasteiger partial charge on any atom is -0.379 e. The fourth-order valence-corrected chi connectivity index (χ4v) is 1.81. The molecule has 0 radical (unpaired) electrons. The summed E-state index contributed by atoms with van der Waals surface area (Å²) in [5.74, 6) is 0.104. The van der Waals surface area contributed by atoms with Gasteiger partial charge in [0.05, 0.1) is 4.92 Å². The van der Waals surface area contributed by atoms with E-state index in [0.29, 0.717) is 18.7 Å². The Hall–Kier alpha value is -2.11. The minimum atomic E-state index is -0.431. The molecule has 1 aliphatic heterocycles. The molecule has 1 N–H and O–H groups in total. The molecule has 0 aliphatic carbocycles. The van der Waals surface area contributed by atoms with E-state index >= 15 is 0 Å². The molecule has 0 unspecified atom stereocenters. The summed E-state index contributed by atoms with van der Waals surface area (Å²) in [5, 5.41) is 13.7. The molecule has 0 atom stereocenters. The number of anilines is 1. The normalized spacial score (nSPS) is 13.9. The number of amides is 1. The van der Waals surface area contributed by atoms with E-state index in [0.717, 1.165) is 19.5 Å². The number of carbonyl (C=O) groups is 1. The maximum atomic E-state index is 11.6. The highest BCUT2D eigenvalue weighted by Gasteiger charge is 2.19. The quantitative estimate of drug-likeness (QED) is 0.635. The fraction of sp³-hybridized carbons (Fsp3) is 0.417. The Labute approximate surface area is 105 Å². The molecule has 1 aromatic rings. The molecule has 1 saturated heterocycles. The van der Waals surface area contributed by atoms with E-state index in [2.05, 4.69) is 5.32 Å². The molecule has 6 nitrogen and oxygen atoms in total. The number of nitro benzene ring substituents is 1. The summed E-state index contributed by atoms with van der Waals surface area (Å²) in [6, 6.07) is 6.44. The molecular formula is C12H15N3O3. The van der Waals surface area contributed by atoms with Gasteiger partial charge in [-0.25, -0.2) is 0 Å². The number of nitrogens with one attached hydrogen (secondary N) is 1. The van der Waals surface area contributed by atoms with Gasteiger partial charge in [-0.3, -0.25) is 14.9 Å². The molecule has 1 aliphatic rings. The van der Waals surface area contributed by atoms with Crippen molar-refractivity contribution in [3.63, 3.8) is 0 Å². The lowest BCUT2D eigenvalue weighted by molar-refractivity contribution is -0.384. The van der Waals surface area contributed by atoms with E-state index in [1.165, 1.54) is 6.07 Å². The molecule has 2 rings (SSSR count). The molecule has 6 heteroatoms. The van der Waals surface area contributed by atoms with E-state index in [4.69, 9.17) is 0 Å². The van der Waals surface area contributed by atoms with Crippen LogP contribution in [-0.4, -0.2) is 35.4 Å². The van der Waals surface area contributed by atoms with Crippen molar-refractivity contribution >= 4 is 17.3 Å². The van der Waals surface area contributed by atoms with E-state index in [1.807, 2.05) is 0 Å². The number of likely N-dealkylation sites (tertiary alicyclic amines) is 1. The van der Waals surface area contributed by atoms with Crippen LogP contribution in [0.5, 0.6) is 0 Å². The highest BCUT2D eigenvalue weighted by Crippen LogP contribution is 2.23. The molecule has 1 fully saturated rings.